The second-order valence-electron chi connectivity index (χ2n) is 3.98. The van der Waals surface area contributed by atoms with E-state index in [1.54, 1.807) is 20.3 Å². The summed E-state index contributed by atoms with van der Waals surface area (Å²) >= 11 is 0. The quantitative estimate of drug-likeness (QED) is 0.745. The second-order valence-corrected chi connectivity index (χ2v) is 6.13. The maximum atomic E-state index is 11.9. The summed E-state index contributed by atoms with van der Waals surface area (Å²) in [7, 11) is -0.204. The lowest BCUT2D eigenvalue weighted by molar-refractivity contribution is 0.356. The molecular formula is C10H15N3O2S. The van der Waals surface area contributed by atoms with Gasteiger partial charge in [0.05, 0.1) is 0 Å². The molecule has 0 bridgehead atoms. The van der Waals surface area contributed by atoms with Crippen molar-refractivity contribution in [3.8, 4) is 0 Å². The lowest BCUT2D eigenvalue weighted by Gasteiger charge is -2.29. The smallest absolute Gasteiger partial charge is 0.261 e. The van der Waals surface area contributed by atoms with Gasteiger partial charge in [-0.1, -0.05) is 6.07 Å². The van der Waals surface area contributed by atoms with E-state index >= 15 is 0 Å². The van der Waals surface area contributed by atoms with Crippen molar-refractivity contribution in [2.45, 2.75) is 13.0 Å². The van der Waals surface area contributed by atoms with Crippen LogP contribution in [0.4, 0.5) is 0 Å². The van der Waals surface area contributed by atoms with Crippen LogP contribution in [0.15, 0.2) is 18.3 Å². The Labute approximate surface area is 95.9 Å². The van der Waals surface area contributed by atoms with Crippen LogP contribution in [0.2, 0.25) is 0 Å². The van der Waals surface area contributed by atoms with Crippen LogP contribution in [0.3, 0.4) is 0 Å². The fourth-order valence-corrected chi connectivity index (χ4v) is 2.85. The van der Waals surface area contributed by atoms with E-state index in [4.69, 9.17) is 0 Å². The Morgan fingerprint density at radius 3 is 2.88 bits per heavy atom. The van der Waals surface area contributed by atoms with E-state index in [9.17, 15) is 8.42 Å². The molecule has 0 radical (unpaired) electrons. The van der Waals surface area contributed by atoms with Crippen LogP contribution in [0.5, 0.6) is 0 Å². The zero-order chi connectivity index (χ0) is 11.8. The van der Waals surface area contributed by atoms with Gasteiger partial charge in [0.2, 0.25) is 0 Å². The Balaban J connectivity index is 2.27. The Morgan fingerprint density at radius 1 is 1.44 bits per heavy atom. The maximum Gasteiger partial charge on any atom is 0.281 e. The molecule has 1 aromatic rings. The number of aromatic nitrogens is 1. The highest BCUT2D eigenvalue weighted by molar-refractivity contribution is 7.86. The van der Waals surface area contributed by atoms with E-state index in [2.05, 4.69) is 4.98 Å². The molecule has 0 N–H and O–H groups in total. The summed E-state index contributed by atoms with van der Waals surface area (Å²) in [5.41, 5.74) is 2.01. The third kappa shape index (κ3) is 1.95. The van der Waals surface area contributed by atoms with Gasteiger partial charge in [0.25, 0.3) is 10.2 Å². The minimum Gasteiger partial charge on any atom is -0.261 e. The van der Waals surface area contributed by atoms with Crippen LogP contribution in [0, 0.1) is 0 Å². The van der Waals surface area contributed by atoms with Crippen molar-refractivity contribution in [2.75, 3.05) is 20.6 Å². The normalized spacial score (nSPS) is 17.4. The fourth-order valence-electron chi connectivity index (χ4n) is 1.77. The molecule has 0 saturated heterocycles. The monoisotopic (exact) mass is 241 g/mol. The van der Waals surface area contributed by atoms with Crippen LogP contribution in [0.25, 0.3) is 0 Å². The van der Waals surface area contributed by atoms with E-state index in [1.807, 2.05) is 12.1 Å². The highest BCUT2D eigenvalue weighted by Gasteiger charge is 2.28. The van der Waals surface area contributed by atoms with Gasteiger partial charge >= 0.3 is 0 Å². The molecule has 5 nitrogen and oxygen atoms in total. The Kier molecular flexibility index (Phi) is 2.96. The molecule has 0 atom stereocenters. The highest BCUT2D eigenvalue weighted by atomic mass is 32.2. The van der Waals surface area contributed by atoms with Crippen molar-refractivity contribution < 1.29 is 8.42 Å². The Morgan fingerprint density at radius 2 is 2.19 bits per heavy atom. The van der Waals surface area contributed by atoms with Crippen molar-refractivity contribution in [1.82, 2.24) is 13.6 Å². The first-order chi connectivity index (χ1) is 7.51. The second kappa shape index (κ2) is 4.12. The van der Waals surface area contributed by atoms with Gasteiger partial charge in [0, 0.05) is 45.5 Å². The molecule has 1 aliphatic heterocycles. The molecule has 1 aliphatic rings. The summed E-state index contributed by atoms with van der Waals surface area (Å²) in [6, 6.07) is 3.77. The molecule has 0 fully saturated rings. The molecule has 2 rings (SSSR count). The summed E-state index contributed by atoms with van der Waals surface area (Å²) in [5.74, 6) is 0. The number of nitrogens with zero attached hydrogens (tertiary/aromatic N) is 3. The van der Waals surface area contributed by atoms with Gasteiger partial charge in [-0.05, 0) is 11.6 Å². The van der Waals surface area contributed by atoms with Crippen LogP contribution in [-0.2, 0) is 23.2 Å². The molecular weight excluding hydrogens is 226 g/mol. The summed E-state index contributed by atoms with van der Waals surface area (Å²) in [4.78, 5) is 4.25. The molecule has 0 amide bonds. The average molecular weight is 241 g/mol. The van der Waals surface area contributed by atoms with E-state index in [-0.39, 0.29) is 0 Å². The highest BCUT2D eigenvalue weighted by Crippen LogP contribution is 2.19. The molecule has 0 unspecified atom stereocenters. The van der Waals surface area contributed by atoms with E-state index in [1.165, 1.54) is 8.61 Å². The predicted octanol–water partition coefficient (Wildman–Crippen LogP) is 0.246. The average Bonchev–Trinajstić information content (AvgIpc) is 2.28. The van der Waals surface area contributed by atoms with Gasteiger partial charge in [0.1, 0.15) is 0 Å². The molecule has 16 heavy (non-hydrogen) atoms. The third-order valence-electron chi connectivity index (χ3n) is 2.72. The van der Waals surface area contributed by atoms with Crippen LogP contribution in [0.1, 0.15) is 11.3 Å². The first-order valence-electron chi connectivity index (χ1n) is 5.12. The maximum absolute atomic E-state index is 11.9. The van der Waals surface area contributed by atoms with Crippen LogP contribution < -0.4 is 0 Å². The lowest BCUT2D eigenvalue weighted by atomic mass is 10.1. The van der Waals surface area contributed by atoms with E-state index in [0.717, 1.165) is 11.3 Å². The summed E-state index contributed by atoms with van der Waals surface area (Å²) < 4.78 is 26.6. The third-order valence-corrected chi connectivity index (χ3v) is 4.60. The standard InChI is InChI=1S/C10H15N3O2S/c1-12(2)16(14,15)13-7-5-10-9(8-13)4-3-6-11-10/h3-4,6H,5,7-8H2,1-2H3. The number of hydrogen-bond donors (Lipinski definition) is 0. The van der Waals surface area contributed by atoms with Gasteiger partial charge < -0.3 is 0 Å². The lowest BCUT2D eigenvalue weighted by Crippen LogP contribution is -2.42. The van der Waals surface area contributed by atoms with Crippen molar-refractivity contribution >= 4 is 10.2 Å². The minimum absolute atomic E-state index is 0.420. The van der Waals surface area contributed by atoms with E-state index < -0.39 is 10.2 Å². The molecule has 0 spiro atoms. The Hall–Kier alpha value is -0.980. The van der Waals surface area contributed by atoms with Crippen LogP contribution in [-0.4, -0.2) is 42.7 Å². The zero-order valence-corrected chi connectivity index (χ0v) is 10.2. The first kappa shape index (κ1) is 11.5. The Bertz CT molecular complexity index is 485. The molecule has 2 heterocycles. The van der Waals surface area contributed by atoms with Crippen LogP contribution >= 0.6 is 0 Å². The number of hydrogen-bond acceptors (Lipinski definition) is 3. The molecule has 0 aliphatic carbocycles. The zero-order valence-electron chi connectivity index (χ0n) is 9.42. The molecule has 88 valence electrons. The van der Waals surface area contributed by atoms with Gasteiger partial charge in [-0.2, -0.15) is 17.0 Å². The molecule has 1 aromatic heterocycles. The minimum atomic E-state index is -3.30. The van der Waals surface area contributed by atoms with Gasteiger partial charge in [-0.25, -0.2) is 0 Å². The first-order valence-corrected chi connectivity index (χ1v) is 6.52. The van der Waals surface area contributed by atoms with Crippen molar-refractivity contribution in [1.29, 1.82) is 0 Å². The predicted molar refractivity (Wildman–Crippen MR) is 61.0 cm³/mol. The largest absolute Gasteiger partial charge is 0.281 e. The topological polar surface area (TPSA) is 53.5 Å². The fraction of sp³-hybridized carbons (Fsp3) is 0.500. The summed E-state index contributed by atoms with van der Waals surface area (Å²) in [5, 5.41) is 0. The van der Waals surface area contributed by atoms with Gasteiger partial charge in [-0.15, -0.1) is 0 Å². The molecule has 6 heteroatoms. The van der Waals surface area contributed by atoms with Gasteiger partial charge in [0.15, 0.2) is 0 Å². The molecule has 0 aromatic carbocycles. The van der Waals surface area contributed by atoms with Crippen molar-refractivity contribution in [2.24, 2.45) is 0 Å². The summed E-state index contributed by atoms with van der Waals surface area (Å²) in [6.45, 7) is 0.925. The molecule has 0 saturated carbocycles. The van der Waals surface area contributed by atoms with Gasteiger partial charge in [-0.3, -0.25) is 4.98 Å². The summed E-state index contributed by atoms with van der Waals surface area (Å²) in [6.07, 6.45) is 2.43. The number of rotatable bonds is 2. The number of fused-ring (bicyclic) bond motifs is 1. The van der Waals surface area contributed by atoms with Crippen molar-refractivity contribution in [3.05, 3.63) is 29.6 Å². The number of pyridine rings is 1. The van der Waals surface area contributed by atoms with Crippen molar-refractivity contribution in [3.63, 3.8) is 0 Å². The van der Waals surface area contributed by atoms with E-state index in [0.29, 0.717) is 19.5 Å². The SMILES string of the molecule is CN(C)S(=O)(=O)N1CCc2ncccc2C1.